The van der Waals surface area contributed by atoms with Gasteiger partial charge in [0.25, 0.3) is 0 Å². The fourth-order valence-corrected chi connectivity index (χ4v) is 9.15. The van der Waals surface area contributed by atoms with E-state index in [9.17, 15) is 19.4 Å². The van der Waals surface area contributed by atoms with Gasteiger partial charge in [-0.25, -0.2) is 4.57 Å². The number of allylic oxidation sites excluding steroid dienone is 3. The van der Waals surface area contributed by atoms with E-state index in [1.807, 2.05) is 6.08 Å². The van der Waals surface area contributed by atoms with Crippen LogP contribution in [-0.4, -0.2) is 47.8 Å². The molecule has 1 amide bonds. The molecule has 0 rings (SSSR count). The number of aliphatic hydroxyl groups excluding tert-OH is 1. The molecule has 374 valence electrons. The van der Waals surface area contributed by atoms with Gasteiger partial charge in [0.05, 0.1) is 25.4 Å². The minimum atomic E-state index is -4.35. The first-order chi connectivity index (χ1) is 30.9. The van der Waals surface area contributed by atoms with Crippen molar-refractivity contribution in [1.82, 2.24) is 5.32 Å². The number of nitrogens with one attached hydrogen (secondary N) is 1. The average Bonchev–Trinajstić information content (AvgIpc) is 3.27. The number of hydrogen-bond acceptors (Lipinski definition) is 6. The summed E-state index contributed by atoms with van der Waals surface area (Å²) in [5, 5.41) is 13.7. The van der Waals surface area contributed by atoms with Gasteiger partial charge in [-0.15, -0.1) is 0 Å². The van der Waals surface area contributed by atoms with Crippen LogP contribution in [0.3, 0.4) is 0 Å². The zero-order valence-corrected chi connectivity index (χ0v) is 42.7. The Morgan fingerprint density at radius 2 is 0.841 bits per heavy atom. The quantitative estimate of drug-likeness (QED) is 0.0271. The van der Waals surface area contributed by atoms with Crippen molar-refractivity contribution in [3.05, 3.63) is 24.3 Å². The highest BCUT2D eigenvalue weighted by Crippen LogP contribution is 2.43. The van der Waals surface area contributed by atoms with Gasteiger partial charge in [-0.1, -0.05) is 269 Å². The Bertz CT molecular complexity index is 1040. The van der Waals surface area contributed by atoms with E-state index < -0.39 is 20.0 Å². The lowest BCUT2D eigenvalue weighted by Crippen LogP contribution is -2.45. The van der Waals surface area contributed by atoms with E-state index in [-0.39, 0.29) is 25.7 Å². The molecule has 0 radical (unpaired) electrons. The van der Waals surface area contributed by atoms with Gasteiger partial charge in [-0.2, -0.15) is 0 Å². The Labute approximate surface area is 391 Å². The average molecular weight is 911 g/mol. The maximum absolute atomic E-state index is 12.8. The van der Waals surface area contributed by atoms with E-state index in [1.54, 1.807) is 6.08 Å². The third-order valence-corrected chi connectivity index (χ3v) is 13.5. The van der Waals surface area contributed by atoms with Crippen molar-refractivity contribution in [2.75, 3.05) is 19.8 Å². The molecule has 9 heteroatoms. The molecule has 0 fully saturated rings. The van der Waals surface area contributed by atoms with Crippen LogP contribution < -0.4 is 11.1 Å². The number of aliphatic hydroxyl groups is 1. The molecular weight excluding hydrogens is 804 g/mol. The summed E-state index contributed by atoms with van der Waals surface area (Å²) < 4.78 is 22.2. The number of unbranched alkanes of at least 4 members (excludes halogenated alkanes) is 38. The number of phosphoric ester groups is 1. The molecule has 0 spiro atoms. The topological polar surface area (TPSA) is 131 Å². The fourth-order valence-electron chi connectivity index (χ4n) is 8.39. The number of phosphoric acid groups is 1. The summed E-state index contributed by atoms with van der Waals surface area (Å²) in [4.78, 5) is 22.8. The van der Waals surface area contributed by atoms with Crippen molar-refractivity contribution in [3.8, 4) is 0 Å². The largest absolute Gasteiger partial charge is 0.472 e. The second-order valence-electron chi connectivity index (χ2n) is 18.8. The molecule has 0 saturated heterocycles. The molecule has 0 heterocycles. The highest BCUT2D eigenvalue weighted by molar-refractivity contribution is 7.47. The molecule has 63 heavy (non-hydrogen) atoms. The molecule has 3 unspecified atom stereocenters. The number of carbonyl (C=O) groups excluding carboxylic acids is 1. The lowest BCUT2D eigenvalue weighted by molar-refractivity contribution is -0.123. The first kappa shape index (κ1) is 62.0. The summed E-state index contributed by atoms with van der Waals surface area (Å²) in [5.74, 6) is -0.197. The molecule has 0 aromatic rings. The summed E-state index contributed by atoms with van der Waals surface area (Å²) in [6, 6.07) is -0.874. The Hall–Kier alpha value is -1.02. The lowest BCUT2D eigenvalue weighted by atomic mass is 10.0. The van der Waals surface area contributed by atoms with Crippen LogP contribution in [-0.2, 0) is 18.4 Å². The maximum Gasteiger partial charge on any atom is 0.472 e. The third-order valence-electron chi connectivity index (χ3n) is 12.5. The smallest absolute Gasteiger partial charge is 0.387 e. The molecule has 0 aliphatic rings. The molecular formula is C54H107N2O6P. The molecule has 0 aliphatic carbocycles. The van der Waals surface area contributed by atoms with Gasteiger partial charge < -0.3 is 21.1 Å². The zero-order chi connectivity index (χ0) is 46.0. The van der Waals surface area contributed by atoms with E-state index in [0.29, 0.717) is 6.42 Å². The molecule has 0 bridgehead atoms. The molecule has 0 aromatic heterocycles. The van der Waals surface area contributed by atoms with Gasteiger partial charge in [0.2, 0.25) is 5.91 Å². The van der Waals surface area contributed by atoms with Crippen LogP contribution in [0.5, 0.6) is 0 Å². The Balaban J connectivity index is 4.05. The van der Waals surface area contributed by atoms with Crippen LogP contribution in [0, 0.1) is 0 Å². The molecule has 0 saturated carbocycles. The number of amides is 1. The van der Waals surface area contributed by atoms with Crippen molar-refractivity contribution in [3.63, 3.8) is 0 Å². The van der Waals surface area contributed by atoms with E-state index in [0.717, 1.165) is 38.5 Å². The minimum Gasteiger partial charge on any atom is -0.387 e. The van der Waals surface area contributed by atoms with Crippen LogP contribution >= 0.6 is 7.82 Å². The van der Waals surface area contributed by atoms with Crippen molar-refractivity contribution in [2.24, 2.45) is 5.73 Å². The molecule has 5 N–H and O–H groups in total. The van der Waals surface area contributed by atoms with Crippen molar-refractivity contribution < 1.29 is 28.4 Å². The summed E-state index contributed by atoms with van der Waals surface area (Å²) >= 11 is 0. The molecule has 8 nitrogen and oxygen atoms in total. The summed E-state index contributed by atoms with van der Waals surface area (Å²) in [5.41, 5.74) is 5.40. The predicted molar refractivity (Wildman–Crippen MR) is 272 cm³/mol. The third kappa shape index (κ3) is 48.7. The van der Waals surface area contributed by atoms with E-state index >= 15 is 0 Å². The number of rotatable bonds is 52. The fraction of sp³-hybridized carbons (Fsp3) is 0.907. The van der Waals surface area contributed by atoms with Crippen LogP contribution in [0.25, 0.3) is 0 Å². The molecule has 0 aromatic carbocycles. The highest BCUT2D eigenvalue weighted by Gasteiger charge is 2.26. The van der Waals surface area contributed by atoms with E-state index in [2.05, 4.69) is 31.3 Å². The second-order valence-corrected chi connectivity index (χ2v) is 20.2. The summed E-state index contributed by atoms with van der Waals surface area (Å²) in [6.45, 7) is 4.17. The highest BCUT2D eigenvalue weighted by atomic mass is 31.2. The summed E-state index contributed by atoms with van der Waals surface area (Å²) in [7, 11) is -4.35. The second kappa shape index (κ2) is 50.4. The number of carbonyl (C=O) groups is 1. The summed E-state index contributed by atoms with van der Waals surface area (Å²) in [6.07, 6.45) is 61.2. The van der Waals surface area contributed by atoms with Gasteiger partial charge >= 0.3 is 7.82 Å². The SMILES string of the molecule is CCCCCCCCCCCCCCCCC/C=C/CC/C=C/C(O)C(COP(=O)(O)OCCN)NC(=O)CCCCCCCCCCCCCCCCCCCCCCCCC. The van der Waals surface area contributed by atoms with Crippen LogP contribution in [0.15, 0.2) is 24.3 Å². The maximum atomic E-state index is 12.8. The minimum absolute atomic E-state index is 0.0763. The van der Waals surface area contributed by atoms with Gasteiger partial charge in [-0.05, 0) is 32.1 Å². The van der Waals surface area contributed by atoms with Gasteiger partial charge in [-0.3, -0.25) is 13.8 Å². The first-order valence-electron chi connectivity index (χ1n) is 27.5. The van der Waals surface area contributed by atoms with E-state index in [1.165, 1.54) is 225 Å². The van der Waals surface area contributed by atoms with Crippen LogP contribution in [0.1, 0.15) is 284 Å². The number of hydrogen-bond donors (Lipinski definition) is 4. The van der Waals surface area contributed by atoms with Crippen molar-refractivity contribution >= 4 is 13.7 Å². The lowest BCUT2D eigenvalue weighted by Gasteiger charge is -2.23. The first-order valence-corrected chi connectivity index (χ1v) is 29.0. The number of nitrogens with two attached hydrogens (primary N) is 1. The zero-order valence-electron chi connectivity index (χ0n) is 41.8. The monoisotopic (exact) mass is 911 g/mol. The normalized spacial score (nSPS) is 13.9. The van der Waals surface area contributed by atoms with Gasteiger partial charge in [0.1, 0.15) is 0 Å². The standard InChI is InChI=1S/C54H107N2O6P/c1-3-5-7-9-11-13-15-17-19-21-23-25-26-28-30-32-34-36-38-40-42-44-46-48-54(58)56-52(51-62-63(59,60)61-50-49-55)53(57)47-45-43-41-39-37-35-33-31-29-27-24-22-20-18-16-14-12-10-8-6-4-2/h37,39,45,47,52-53,57H,3-36,38,40-44,46,48-51,55H2,1-2H3,(H,56,58)(H,59,60)/b39-37+,47-45+. The van der Waals surface area contributed by atoms with Crippen molar-refractivity contribution in [1.29, 1.82) is 0 Å². The van der Waals surface area contributed by atoms with Gasteiger partial charge in [0, 0.05) is 13.0 Å². The van der Waals surface area contributed by atoms with E-state index in [4.69, 9.17) is 14.8 Å². The van der Waals surface area contributed by atoms with Crippen LogP contribution in [0.2, 0.25) is 0 Å². The van der Waals surface area contributed by atoms with Gasteiger partial charge in [0.15, 0.2) is 0 Å². The molecule has 3 atom stereocenters. The Morgan fingerprint density at radius 1 is 0.508 bits per heavy atom. The predicted octanol–water partition coefficient (Wildman–Crippen LogP) is 16.5. The van der Waals surface area contributed by atoms with Crippen LogP contribution in [0.4, 0.5) is 0 Å². The Morgan fingerprint density at radius 3 is 1.22 bits per heavy atom. The Kier molecular flexibility index (Phi) is 49.6. The molecule has 0 aliphatic heterocycles. The van der Waals surface area contributed by atoms with Crippen molar-refractivity contribution in [2.45, 2.75) is 296 Å².